The predicted molar refractivity (Wildman–Crippen MR) is 73.6 cm³/mol. The molecule has 0 fully saturated rings. The molecule has 3 aromatic rings. The van der Waals surface area contributed by atoms with Crippen LogP contribution in [-0.2, 0) is 0 Å². The zero-order valence-electron chi connectivity index (χ0n) is 9.56. The molecular formula is C13H9Cl2N3. The molecule has 0 aliphatic carbocycles. The molecule has 3 nitrogen and oxygen atoms in total. The van der Waals surface area contributed by atoms with Crippen molar-refractivity contribution in [3.63, 3.8) is 0 Å². The Morgan fingerprint density at radius 1 is 1.17 bits per heavy atom. The van der Waals surface area contributed by atoms with Crippen LogP contribution in [0.3, 0.4) is 0 Å². The first kappa shape index (κ1) is 11.5. The van der Waals surface area contributed by atoms with Crippen molar-refractivity contribution in [1.29, 1.82) is 0 Å². The number of hydrogen-bond acceptors (Lipinski definition) is 2. The van der Waals surface area contributed by atoms with Crippen molar-refractivity contribution in [3.05, 3.63) is 52.7 Å². The maximum Gasteiger partial charge on any atom is 0.0992 e. The maximum atomic E-state index is 6.15. The fourth-order valence-corrected chi connectivity index (χ4v) is 2.50. The summed E-state index contributed by atoms with van der Waals surface area (Å²) in [5.41, 5.74) is 2.63. The Kier molecular flexibility index (Phi) is 2.73. The van der Waals surface area contributed by atoms with Gasteiger partial charge in [-0.25, -0.2) is 9.97 Å². The molecule has 0 aliphatic rings. The minimum Gasteiger partial charge on any atom is -0.304 e. The predicted octanol–water partition coefficient (Wildman–Crippen LogP) is 4.04. The zero-order valence-corrected chi connectivity index (χ0v) is 11.1. The lowest BCUT2D eigenvalue weighted by Gasteiger charge is -2.09. The summed E-state index contributed by atoms with van der Waals surface area (Å²) in [7, 11) is 0. The highest BCUT2D eigenvalue weighted by Crippen LogP contribution is 2.28. The third-order valence-corrected chi connectivity index (χ3v) is 3.29. The molecular weight excluding hydrogens is 269 g/mol. The van der Waals surface area contributed by atoms with Crippen LogP contribution in [0, 0.1) is 6.92 Å². The third kappa shape index (κ3) is 1.85. The van der Waals surface area contributed by atoms with Crippen molar-refractivity contribution >= 4 is 34.1 Å². The van der Waals surface area contributed by atoms with Crippen LogP contribution in [0.1, 0.15) is 5.69 Å². The van der Waals surface area contributed by atoms with E-state index in [1.165, 1.54) is 0 Å². The van der Waals surface area contributed by atoms with Crippen LogP contribution in [-0.4, -0.2) is 14.5 Å². The van der Waals surface area contributed by atoms with E-state index in [1.807, 2.05) is 29.8 Å². The Labute approximate surface area is 114 Å². The Bertz CT molecular complexity index is 721. The third-order valence-electron chi connectivity index (χ3n) is 2.78. The number of aromatic nitrogens is 3. The van der Waals surface area contributed by atoms with Crippen molar-refractivity contribution in [1.82, 2.24) is 14.5 Å². The average Bonchev–Trinajstić information content (AvgIpc) is 2.83. The lowest BCUT2D eigenvalue weighted by Crippen LogP contribution is -1.97. The monoisotopic (exact) mass is 277 g/mol. The topological polar surface area (TPSA) is 30.7 Å². The number of halogens is 2. The van der Waals surface area contributed by atoms with Gasteiger partial charge in [0.15, 0.2) is 0 Å². The van der Waals surface area contributed by atoms with Crippen LogP contribution in [0.25, 0.3) is 16.6 Å². The Balaban J connectivity index is 2.33. The molecule has 0 amide bonds. The van der Waals surface area contributed by atoms with Crippen molar-refractivity contribution in [2.45, 2.75) is 6.92 Å². The number of benzene rings is 1. The Hall–Kier alpha value is -1.58. The van der Waals surface area contributed by atoms with Crippen molar-refractivity contribution in [2.75, 3.05) is 0 Å². The van der Waals surface area contributed by atoms with Crippen LogP contribution in [0.4, 0.5) is 0 Å². The van der Waals surface area contributed by atoms with E-state index in [-0.39, 0.29) is 0 Å². The van der Waals surface area contributed by atoms with Gasteiger partial charge in [-0.15, -0.1) is 0 Å². The lowest BCUT2D eigenvalue weighted by atomic mass is 10.2. The van der Waals surface area contributed by atoms with E-state index in [0.29, 0.717) is 10.0 Å². The molecule has 0 saturated carbocycles. The molecule has 1 aromatic carbocycles. The highest BCUT2D eigenvalue weighted by Gasteiger charge is 2.08. The first-order valence-electron chi connectivity index (χ1n) is 5.40. The summed E-state index contributed by atoms with van der Waals surface area (Å²) in [5.74, 6) is 0. The van der Waals surface area contributed by atoms with Gasteiger partial charge < -0.3 is 4.57 Å². The van der Waals surface area contributed by atoms with Crippen LogP contribution in [0.5, 0.6) is 0 Å². The van der Waals surface area contributed by atoms with Crippen LogP contribution in [0.15, 0.2) is 36.9 Å². The summed E-state index contributed by atoms with van der Waals surface area (Å²) in [6, 6.07) is 5.57. The van der Waals surface area contributed by atoms with Crippen molar-refractivity contribution in [3.8, 4) is 5.69 Å². The lowest BCUT2D eigenvalue weighted by molar-refractivity contribution is 1.02. The number of pyridine rings is 1. The van der Waals surface area contributed by atoms with E-state index in [1.54, 1.807) is 18.6 Å². The van der Waals surface area contributed by atoms with Gasteiger partial charge in [-0.05, 0) is 25.1 Å². The van der Waals surface area contributed by atoms with Gasteiger partial charge in [0, 0.05) is 22.8 Å². The summed E-state index contributed by atoms with van der Waals surface area (Å²) in [6.07, 6.45) is 5.35. The number of hydrogen-bond donors (Lipinski definition) is 0. The largest absolute Gasteiger partial charge is 0.304 e. The first-order chi connectivity index (χ1) is 8.65. The van der Waals surface area contributed by atoms with Crippen LogP contribution >= 0.6 is 23.2 Å². The number of aryl methyl sites for hydroxylation is 1. The van der Waals surface area contributed by atoms with Crippen molar-refractivity contribution < 1.29 is 0 Å². The molecule has 2 aromatic heterocycles. The molecule has 0 radical (unpaired) electrons. The highest BCUT2D eigenvalue weighted by molar-refractivity contribution is 6.38. The standard InChI is InChI=1S/C13H9Cl2N3/c1-8-12(18-3-2-16-7-18)5-9-4-10(14)6-11(15)13(9)17-8/h2-7H,1H3. The normalized spacial score (nSPS) is 11.1. The van der Waals surface area contributed by atoms with E-state index in [9.17, 15) is 0 Å². The zero-order chi connectivity index (χ0) is 12.7. The van der Waals surface area contributed by atoms with E-state index < -0.39 is 0 Å². The van der Waals surface area contributed by atoms with Crippen LogP contribution in [0.2, 0.25) is 10.0 Å². The minimum absolute atomic E-state index is 0.567. The molecule has 5 heteroatoms. The van der Waals surface area contributed by atoms with Gasteiger partial charge in [0.2, 0.25) is 0 Å². The van der Waals surface area contributed by atoms with Crippen LogP contribution < -0.4 is 0 Å². The molecule has 0 spiro atoms. The molecule has 0 atom stereocenters. The van der Waals surface area contributed by atoms with Gasteiger partial charge in [0.1, 0.15) is 0 Å². The maximum absolute atomic E-state index is 6.15. The van der Waals surface area contributed by atoms with Gasteiger partial charge in [-0.1, -0.05) is 23.2 Å². The highest BCUT2D eigenvalue weighted by atomic mass is 35.5. The quantitative estimate of drug-likeness (QED) is 0.672. The molecule has 2 heterocycles. The Morgan fingerprint density at radius 2 is 2.00 bits per heavy atom. The molecule has 18 heavy (non-hydrogen) atoms. The van der Waals surface area contributed by atoms with Gasteiger partial charge in [-0.2, -0.15) is 0 Å². The molecule has 0 bridgehead atoms. The molecule has 90 valence electrons. The van der Waals surface area contributed by atoms with Gasteiger partial charge in [-0.3, -0.25) is 0 Å². The summed E-state index contributed by atoms with van der Waals surface area (Å²) in [5, 5.41) is 2.09. The molecule has 0 unspecified atom stereocenters. The fraction of sp³-hybridized carbons (Fsp3) is 0.0769. The Morgan fingerprint density at radius 3 is 2.72 bits per heavy atom. The first-order valence-corrected chi connectivity index (χ1v) is 6.15. The summed E-state index contributed by atoms with van der Waals surface area (Å²) < 4.78 is 1.91. The molecule has 0 saturated heterocycles. The van der Waals surface area contributed by atoms with E-state index in [4.69, 9.17) is 23.2 Å². The van der Waals surface area contributed by atoms with E-state index in [2.05, 4.69) is 9.97 Å². The molecule has 0 aliphatic heterocycles. The average molecular weight is 278 g/mol. The SMILES string of the molecule is Cc1nc2c(Cl)cc(Cl)cc2cc1-n1ccnc1. The number of imidazole rings is 1. The summed E-state index contributed by atoms with van der Waals surface area (Å²) in [6.45, 7) is 1.94. The molecule has 3 rings (SSSR count). The van der Waals surface area contributed by atoms with E-state index in [0.717, 1.165) is 22.3 Å². The minimum atomic E-state index is 0.567. The van der Waals surface area contributed by atoms with Gasteiger partial charge >= 0.3 is 0 Å². The number of rotatable bonds is 1. The number of nitrogens with zero attached hydrogens (tertiary/aromatic N) is 3. The van der Waals surface area contributed by atoms with E-state index >= 15 is 0 Å². The smallest absolute Gasteiger partial charge is 0.0992 e. The second-order valence-corrected chi connectivity index (χ2v) is 4.87. The van der Waals surface area contributed by atoms with Gasteiger partial charge in [0.25, 0.3) is 0 Å². The van der Waals surface area contributed by atoms with Gasteiger partial charge in [0.05, 0.1) is 28.2 Å². The second kappa shape index (κ2) is 4.26. The fourth-order valence-electron chi connectivity index (χ4n) is 1.95. The second-order valence-electron chi connectivity index (χ2n) is 4.02. The molecule has 0 N–H and O–H groups in total. The summed E-state index contributed by atoms with van der Waals surface area (Å²) >= 11 is 12.2. The summed E-state index contributed by atoms with van der Waals surface area (Å²) in [4.78, 5) is 8.57. The number of fused-ring (bicyclic) bond motifs is 1. The van der Waals surface area contributed by atoms with Crippen molar-refractivity contribution in [2.24, 2.45) is 0 Å².